The number of thiophene rings is 1. The third kappa shape index (κ3) is 5.06. The molecule has 4 rings (SSSR count). The molecule has 1 saturated heterocycles. The van der Waals surface area contributed by atoms with Crippen LogP contribution >= 0.6 is 23.1 Å². The number of hydrogen-bond acceptors (Lipinski definition) is 8. The van der Waals surface area contributed by atoms with Crippen molar-refractivity contribution < 1.29 is 14.2 Å². The molecule has 0 spiro atoms. The molecule has 0 saturated carbocycles. The summed E-state index contributed by atoms with van der Waals surface area (Å²) in [7, 11) is 1.66. The van der Waals surface area contributed by atoms with Gasteiger partial charge in [-0.2, -0.15) is 0 Å². The van der Waals surface area contributed by atoms with Crippen molar-refractivity contribution in [1.29, 1.82) is 0 Å². The molecule has 1 aliphatic rings. The highest BCUT2D eigenvalue weighted by molar-refractivity contribution is 7.99. The molecule has 0 atom stereocenters. The molecule has 1 fully saturated rings. The van der Waals surface area contributed by atoms with E-state index < -0.39 is 0 Å². The molecular formula is C22H27N3O3S2. The van der Waals surface area contributed by atoms with Crippen LogP contribution in [-0.2, 0) is 11.3 Å². The standard InChI is InChI=1S/C22H27N3O3S2/c1-15-16(2)30-22-20(15)21(23-19(24-22)14-25-8-10-27-11-9-25)29-13-12-28-18-6-4-17(26-3)5-7-18/h4-7H,8-14H2,1-3H3. The number of ether oxygens (including phenoxy) is 3. The van der Waals surface area contributed by atoms with Crippen molar-refractivity contribution in [1.82, 2.24) is 14.9 Å². The van der Waals surface area contributed by atoms with E-state index in [4.69, 9.17) is 24.2 Å². The molecule has 2 aromatic heterocycles. The van der Waals surface area contributed by atoms with Crippen LogP contribution in [0.4, 0.5) is 0 Å². The zero-order valence-corrected chi connectivity index (χ0v) is 19.3. The highest BCUT2D eigenvalue weighted by Gasteiger charge is 2.18. The van der Waals surface area contributed by atoms with Gasteiger partial charge < -0.3 is 14.2 Å². The molecule has 0 unspecified atom stereocenters. The van der Waals surface area contributed by atoms with E-state index in [0.717, 1.165) is 65.8 Å². The number of morpholine rings is 1. The maximum Gasteiger partial charge on any atom is 0.145 e. The molecule has 30 heavy (non-hydrogen) atoms. The average molecular weight is 446 g/mol. The molecule has 0 N–H and O–H groups in total. The maximum atomic E-state index is 5.89. The van der Waals surface area contributed by atoms with Gasteiger partial charge in [-0.15, -0.1) is 23.1 Å². The van der Waals surface area contributed by atoms with Crippen LogP contribution in [0.2, 0.25) is 0 Å². The SMILES string of the molecule is COc1ccc(OCCSc2nc(CN3CCOCC3)nc3sc(C)c(C)c23)cc1. The number of benzene rings is 1. The van der Waals surface area contributed by atoms with Crippen LogP contribution in [-0.4, -0.2) is 60.6 Å². The van der Waals surface area contributed by atoms with Crippen molar-refractivity contribution >= 4 is 33.3 Å². The Hall–Kier alpha value is -1.87. The molecular weight excluding hydrogens is 418 g/mol. The van der Waals surface area contributed by atoms with E-state index in [1.807, 2.05) is 24.3 Å². The summed E-state index contributed by atoms with van der Waals surface area (Å²) in [4.78, 5) is 14.6. The molecule has 0 aliphatic carbocycles. The van der Waals surface area contributed by atoms with Gasteiger partial charge in [0, 0.05) is 29.1 Å². The smallest absolute Gasteiger partial charge is 0.145 e. The minimum absolute atomic E-state index is 0.615. The summed E-state index contributed by atoms with van der Waals surface area (Å²) in [5, 5.41) is 2.25. The van der Waals surface area contributed by atoms with E-state index in [-0.39, 0.29) is 0 Å². The van der Waals surface area contributed by atoms with Gasteiger partial charge in [0.15, 0.2) is 0 Å². The van der Waals surface area contributed by atoms with E-state index in [0.29, 0.717) is 6.61 Å². The second-order valence-electron chi connectivity index (χ2n) is 7.17. The maximum absolute atomic E-state index is 5.89. The van der Waals surface area contributed by atoms with Crippen molar-refractivity contribution in [3.8, 4) is 11.5 Å². The Balaban J connectivity index is 1.45. The van der Waals surface area contributed by atoms with Crippen LogP contribution in [0.15, 0.2) is 29.3 Å². The van der Waals surface area contributed by atoms with Gasteiger partial charge >= 0.3 is 0 Å². The fourth-order valence-corrected chi connectivity index (χ4v) is 5.40. The first-order valence-corrected chi connectivity index (χ1v) is 11.9. The summed E-state index contributed by atoms with van der Waals surface area (Å²) in [5.74, 6) is 3.39. The van der Waals surface area contributed by atoms with E-state index in [1.165, 1.54) is 15.8 Å². The van der Waals surface area contributed by atoms with E-state index in [2.05, 4.69) is 18.7 Å². The van der Waals surface area contributed by atoms with E-state index in [9.17, 15) is 0 Å². The molecule has 1 aromatic carbocycles. The van der Waals surface area contributed by atoms with Crippen molar-refractivity contribution in [2.45, 2.75) is 25.4 Å². The zero-order chi connectivity index (χ0) is 20.9. The number of nitrogens with zero attached hydrogens (tertiary/aromatic N) is 3. The lowest BCUT2D eigenvalue weighted by Crippen LogP contribution is -2.36. The van der Waals surface area contributed by atoms with Gasteiger partial charge in [0.05, 0.1) is 33.5 Å². The van der Waals surface area contributed by atoms with Crippen molar-refractivity contribution in [2.75, 3.05) is 45.8 Å². The van der Waals surface area contributed by atoms with Crippen LogP contribution < -0.4 is 9.47 Å². The first-order chi connectivity index (χ1) is 14.6. The fourth-order valence-electron chi connectivity index (χ4n) is 3.36. The Labute approximate surface area is 185 Å². The fraction of sp³-hybridized carbons (Fsp3) is 0.455. The Kier molecular flexibility index (Phi) is 7.09. The summed E-state index contributed by atoms with van der Waals surface area (Å²) < 4.78 is 16.5. The Morgan fingerprint density at radius 1 is 1.10 bits per heavy atom. The summed E-state index contributed by atoms with van der Waals surface area (Å²) in [5.41, 5.74) is 1.28. The van der Waals surface area contributed by atoms with Gasteiger partial charge in [0.2, 0.25) is 0 Å². The molecule has 8 heteroatoms. The Morgan fingerprint density at radius 3 is 2.57 bits per heavy atom. The van der Waals surface area contributed by atoms with E-state index in [1.54, 1.807) is 30.2 Å². The normalized spacial score (nSPS) is 14.9. The second kappa shape index (κ2) is 9.96. The summed E-state index contributed by atoms with van der Waals surface area (Å²) >= 11 is 3.50. The van der Waals surface area contributed by atoms with Gasteiger partial charge in [0.25, 0.3) is 0 Å². The topological polar surface area (TPSA) is 56.7 Å². The quantitative estimate of drug-likeness (QED) is 0.291. The Bertz CT molecular complexity index is 985. The van der Waals surface area contributed by atoms with Crippen LogP contribution in [0.5, 0.6) is 11.5 Å². The number of thioether (sulfide) groups is 1. The predicted molar refractivity (Wildman–Crippen MR) is 122 cm³/mol. The number of aryl methyl sites for hydroxylation is 2. The average Bonchev–Trinajstić information content (AvgIpc) is 3.06. The lowest BCUT2D eigenvalue weighted by atomic mass is 10.2. The van der Waals surface area contributed by atoms with Crippen LogP contribution in [0.1, 0.15) is 16.3 Å². The van der Waals surface area contributed by atoms with Gasteiger partial charge in [0.1, 0.15) is 27.2 Å². The van der Waals surface area contributed by atoms with Gasteiger partial charge in [-0.25, -0.2) is 9.97 Å². The third-order valence-corrected chi connectivity index (χ3v) is 7.20. The minimum Gasteiger partial charge on any atom is -0.497 e. The largest absolute Gasteiger partial charge is 0.497 e. The lowest BCUT2D eigenvalue weighted by Gasteiger charge is -2.25. The minimum atomic E-state index is 0.615. The highest BCUT2D eigenvalue weighted by Crippen LogP contribution is 2.35. The summed E-state index contributed by atoms with van der Waals surface area (Å²) in [6.45, 7) is 9.13. The monoisotopic (exact) mass is 445 g/mol. The zero-order valence-electron chi connectivity index (χ0n) is 17.6. The van der Waals surface area contributed by atoms with Crippen molar-refractivity contribution in [3.05, 3.63) is 40.5 Å². The van der Waals surface area contributed by atoms with Crippen molar-refractivity contribution in [2.24, 2.45) is 0 Å². The van der Waals surface area contributed by atoms with E-state index >= 15 is 0 Å². The van der Waals surface area contributed by atoms with Crippen LogP contribution in [0.3, 0.4) is 0 Å². The molecule has 0 bridgehead atoms. The first-order valence-electron chi connectivity index (χ1n) is 10.1. The number of fused-ring (bicyclic) bond motifs is 1. The summed E-state index contributed by atoms with van der Waals surface area (Å²) in [6.07, 6.45) is 0. The number of aromatic nitrogens is 2. The van der Waals surface area contributed by atoms with Crippen molar-refractivity contribution in [3.63, 3.8) is 0 Å². The number of hydrogen-bond donors (Lipinski definition) is 0. The molecule has 0 amide bonds. The molecule has 160 valence electrons. The molecule has 3 aromatic rings. The van der Waals surface area contributed by atoms with Gasteiger partial charge in [-0.1, -0.05) is 0 Å². The van der Waals surface area contributed by atoms with Crippen LogP contribution in [0, 0.1) is 13.8 Å². The van der Waals surface area contributed by atoms with Gasteiger partial charge in [-0.05, 0) is 43.7 Å². The number of methoxy groups -OCH3 is 1. The third-order valence-electron chi connectivity index (χ3n) is 5.16. The predicted octanol–water partition coefficient (Wildman–Crippen LogP) is 4.32. The summed E-state index contributed by atoms with van der Waals surface area (Å²) in [6, 6.07) is 7.68. The lowest BCUT2D eigenvalue weighted by molar-refractivity contribution is 0.0330. The number of rotatable bonds is 8. The highest BCUT2D eigenvalue weighted by atomic mass is 32.2. The molecule has 0 radical (unpaired) electrons. The molecule has 6 nitrogen and oxygen atoms in total. The first kappa shape index (κ1) is 21.4. The van der Waals surface area contributed by atoms with Gasteiger partial charge in [-0.3, -0.25) is 4.90 Å². The van der Waals surface area contributed by atoms with Crippen LogP contribution in [0.25, 0.3) is 10.2 Å². The Morgan fingerprint density at radius 2 is 1.83 bits per heavy atom. The molecule has 1 aliphatic heterocycles. The molecule has 3 heterocycles. The second-order valence-corrected chi connectivity index (χ2v) is 9.46.